The number of rotatable bonds is 6. The number of ether oxygens (including phenoxy) is 2. The summed E-state index contributed by atoms with van der Waals surface area (Å²) in [6.45, 7) is 3.32. The Bertz CT molecular complexity index is 595. The summed E-state index contributed by atoms with van der Waals surface area (Å²) in [7, 11) is 0. The van der Waals surface area contributed by atoms with Crippen molar-refractivity contribution in [2.24, 2.45) is 0 Å². The first-order valence-corrected chi connectivity index (χ1v) is 7.87. The van der Waals surface area contributed by atoms with Gasteiger partial charge in [0.15, 0.2) is 11.5 Å². The summed E-state index contributed by atoms with van der Waals surface area (Å²) in [6.07, 6.45) is 3.34. The summed E-state index contributed by atoms with van der Waals surface area (Å²) in [4.78, 5) is 8.18. The molecule has 5 nitrogen and oxygen atoms in total. The molecule has 1 unspecified atom stereocenters. The maximum Gasteiger partial charge on any atom is 0.231 e. The second kappa shape index (κ2) is 6.78. The lowest BCUT2D eigenvalue weighted by Gasteiger charge is -2.18. The zero-order valence-electron chi connectivity index (χ0n) is 11.8. The number of nitrogens with zero attached hydrogens (tertiary/aromatic N) is 2. The van der Waals surface area contributed by atoms with Gasteiger partial charge in [0, 0.05) is 18.0 Å². The lowest BCUT2D eigenvalue weighted by molar-refractivity contribution is 0.174. The first-order valence-electron chi connectivity index (χ1n) is 6.88. The van der Waals surface area contributed by atoms with Crippen LogP contribution in [0.3, 0.4) is 0 Å². The van der Waals surface area contributed by atoms with Crippen LogP contribution in [0.25, 0.3) is 0 Å². The molecule has 0 aliphatic carbocycles. The normalized spacial score (nSPS) is 14.1. The molecule has 21 heavy (non-hydrogen) atoms. The van der Waals surface area contributed by atoms with Crippen molar-refractivity contribution in [1.82, 2.24) is 15.3 Å². The number of benzene rings is 1. The summed E-state index contributed by atoms with van der Waals surface area (Å²) >= 11 is 1.71. The van der Waals surface area contributed by atoms with E-state index in [1.54, 1.807) is 24.3 Å². The average molecular weight is 303 g/mol. The van der Waals surface area contributed by atoms with Crippen LogP contribution in [0.4, 0.5) is 0 Å². The van der Waals surface area contributed by atoms with E-state index in [1.807, 2.05) is 12.1 Å². The molecule has 1 aliphatic heterocycles. The van der Waals surface area contributed by atoms with Crippen LogP contribution in [0.1, 0.15) is 18.5 Å². The Balaban J connectivity index is 1.72. The second-order valence-electron chi connectivity index (χ2n) is 4.58. The van der Waals surface area contributed by atoms with Gasteiger partial charge < -0.3 is 14.8 Å². The van der Waals surface area contributed by atoms with Crippen molar-refractivity contribution in [3.63, 3.8) is 0 Å². The minimum atomic E-state index is 0.240. The molecular formula is C15H17N3O2S. The van der Waals surface area contributed by atoms with Crippen molar-refractivity contribution < 1.29 is 9.47 Å². The summed E-state index contributed by atoms with van der Waals surface area (Å²) in [5, 5.41) is 4.48. The highest BCUT2D eigenvalue weighted by Gasteiger charge is 2.17. The molecule has 1 N–H and O–H groups in total. The van der Waals surface area contributed by atoms with Gasteiger partial charge in [0.25, 0.3) is 0 Å². The number of thioether (sulfide) groups is 1. The summed E-state index contributed by atoms with van der Waals surface area (Å²) in [6, 6.07) is 8.27. The van der Waals surface area contributed by atoms with Crippen LogP contribution in [-0.2, 0) is 0 Å². The zero-order valence-corrected chi connectivity index (χ0v) is 12.6. The molecule has 2 heterocycles. The largest absolute Gasteiger partial charge is 0.454 e. The second-order valence-corrected chi connectivity index (χ2v) is 5.62. The maximum absolute atomic E-state index is 5.45. The Labute approximate surface area is 128 Å². The topological polar surface area (TPSA) is 56.3 Å². The molecule has 0 spiro atoms. The Morgan fingerprint density at radius 2 is 2.19 bits per heavy atom. The summed E-state index contributed by atoms with van der Waals surface area (Å²) in [5.41, 5.74) is 1.20. The van der Waals surface area contributed by atoms with Crippen molar-refractivity contribution in [2.75, 3.05) is 19.1 Å². The van der Waals surface area contributed by atoms with Gasteiger partial charge in [0.1, 0.15) is 6.33 Å². The fourth-order valence-corrected chi connectivity index (χ4v) is 3.11. The highest BCUT2D eigenvalue weighted by Crippen LogP contribution is 2.35. The first-order chi connectivity index (χ1) is 10.4. The van der Waals surface area contributed by atoms with E-state index in [0.717, 1.165) is 28.8 Å². The third kappa shape index (κ3) is 3.46. The molecule has 0 saturated carbocycles. The van der Waals surface area contributed by atoms with E-state index in [1.165, 1.54) is 5.56 Å². The Morgan fingerprint density at radius 1 is 1.29 bits per heavy atom. The van der Waals surface area contributed by atoms with Gasteiger partial charge >= 0.3 is 0 Å². The van der Waals surface area contributed by atoms with Gasteiger partial charge in [-0.05, 0) is 30.3 Å². The molecule has 1 aromatic heterocycles. The lowest BCUT2D eigenvalue weighted by atomic mass is 10.1. The van der Waals surface area contributed by atoms with Crippen molar-refractivity contribution >= 4 is 11.8 Å². The SMILES string of the molecule is CCNC(CSc1ccncn1)c1ccc2c(c1)OCO2. The Morgan fingerprint density at radius 3 is 3.00 bits per heavy atom. The van der Waals surface area contributed by atoms with Crippen LogP contribution in [0.2, 0.25) is 0 Å². The lowest BCUT2D eigenvalue weighted by Crippen LogP contribution is -2.23. The van der Waals surface area contributed by atoms with Crippen molar-refractivity contribution in [1.29, 1.82) is 0 Å². The smallest absolute Gasteiger partial charge is 0.231 e. The Hall–Kier alpha value is -1.79. The van der Waals surface area contributed by atoms with Gasteiger partial charge in [-0.3, -0.25) is 0 Å². The standard InChI is InChI=1S/C15H17N3O2S/c1-2-17-12(8-21-15-5-6-16-9-18-15)11-3-4-13-14(7-11)20-10-19-13/h3-7,9,12,17H,2,8,10H2,1H3. The number of hydrogen-bond acceptors (Lipinski definition) is 6. The van der Waals surface area contributed by atoms with E-state index >= 15 is 0 Å². The molecule has 1 aromatic carbocycles. The van der Waals surface area contributed by atoms with E-state index in [2.05, 4.69) is 34.3 Å². The van der Waals surface area contributed by atoms with Gasteiger partial charge in [0.2, 0.25) is 6.79 Å². The number of hydrogen-bond donors (Lipinski definition) is 1. The van der Waals surface area contributed by atoms with Crippen LogP contribution < -0.4 is 14.8 Å². The van der Waals surface area contributed by atoms with Gasteiger partial charge in [0.05, 0.1) is 5.03 Å². The van der Waals surface area contributed by atoms with E-state index in [9.17, 15) is 0 Å². The van der Waals surface area contributed by atoms with Crippen LogP contribution in [-0.4, -0.2) is 29.1 Å². The molecule has 0 bridgehead atoms. The maximum atomic E-state index is 5.45. The van der Waals surface area contributed by atoms with E-state index in [-0.39, 0.29) is 6.04 Å². The molecule has 3 rings (SSSR count). The third-order valence-electron chi connectivity index (χ3n) is 3.20. The number of fused-ring (bicyclic) bond motifs is 1. The van der Waals surface area contributed by atoms with Crippen LogP contribution in [0.15, 0.2) is 41.8 Å². The summed E-state index contributed by atoms with van der Waals surface area (Å²) in [5.74, 6) is 2.53. The molecule has 6 heteroatoms. The van der Waals surface area contributed by atoms with Crippen LogP contribution in [0, 0.1) is 0 Å². The van der Waals surface area contributed by atoms with Gasteiger partial charge in [-0.15, -0.1) is 11.8 Å². The molecular weight excluding hydrogens is 286 g/mol. The molecule has 0 amide bonds. The van der Waals surface area contributed by atoms with Crippen LogP contribution in [0.5, 0.6) is 11.5 Å². The molecule has 2 aromatic rings. The van der Waals surface area contributed by atoms with Gasteiger partial charge in [-0.1, -0.05) is 13.0 Å². The van der Waals surface area contributed by atoms with Gasteiger partial charge in [-0.25, -0.2) is 9.97 Å². The van der Waals surface area contributed by atoms with E-state index in [0.29, 0.717) is 6.79 Å². The molecule has 0 saturated heterocycles. The minimum absolute atomic E-state index is 0.240. The predicted octanol–water partition coefficient (Wildman–Crippen LogP) is 2.65. The minimum Gasteiger partial charge on any atom is -0.454 e. The van der Waals surface area contributed by atoms with Crippen molar-refractivity contribution in [3.05, 3.63) is 42.4 Å². The van der Waals surface area contributed by atoms with E-state index < -0.39 is 0 Å². The van der Waals surface area contributed by atoms with Crippen molar-refractivity contribution in [3.8, 4) is 11.5 Å². The first kappa shape index (κ1) is 14.2. The van der Waals surface area contributed by atoms with Crippen molar-refractivity contribution in [2.45, 2.75) is 18.0 Å². The quantitative estimate of drug-likeness (QED) is 0.654. The third-order valence-corrected chi connectivity index (χ3v) is 4.24. The zero-order chi connectivity index (χ0) is 14.5. The predicted molar refractivity (Wildman–Crippen MR) is 81.7 cm³/mol. The number of aromatic nitrogens is 2. The summed E-state index contributed by atoms with van der Waals surface area (Å²) < 4.78 is 10.8. The average Bonchev–Trinajstić information content (AvgIpc) is 3.00. The fourth-order valence-electron chi connectivity index (χ4n) is 2.18. The van der Waals surface area contributed by atoms with E-state index in [4.69, 9.17) is 9.47 Å². The highest BCUT2D eigenvalue weighted by molar-refractivity contribution is 7.99. The molecule has 0 radical (unpaired) electrons. The molecule has 1 aliphatic rings. The Kier molecular flexibility index (Phi) is 4.57. The monoisotopic (exact) mass is 303 g/mol. The molecule has 110 valence electrons. The molecule has 0 fully saturated rings. The molecule has 1 atom stereocenters. The fraction of sp³-hybridized carbons (Fsp3) is 0.333. The van der Waals surface area contributed by atoms with Crippen LogP contribution >= 0.6 is 11.8 Å². The van der Waals surface area contributed by atoms with Gasteiger partial charge in [-0.2, -0.15) is 0 Å². The number of nitrogens with one attached hydrogen (secondary N) is 1. The highest BCUT2D eigenvalue weighted by atomic mass is 32.2.